The van der Waals surface area contributed by atoms with E-state index >= 15 is 0 Å². The summed E-state index contributed by atoms with van der Waals surface area (Å²) in [5.74, 6) is -2.87. The van der Waals surface area contributed by atoms with Crippen molar-refractivity contribution in [1.29, 1.82) is 0 Å². The van der Waals surface area contributed by atoms with Crippen molar-refractivity contribution in [2.45, 2.75) is 135 Å². The zero-order valence-corrected chi connectivity index (χ0v) is 36.0. The Labute approximate surface area is 348 Å². The average Bonchev–Trinajstić information content (AvgIpc) is 4.09. The molecule has 1 aromatic carbocycles. The van der Waals surface area contributed by atoms with Crippen molar-refractivity contribution >= 4 is 44.6 Å². The van der Waals surface area contributed by atoms with E-state index in [1.165, 1.54) is 18.2 Å². The molecule has 14 nitrogen and oxygen atoms in total. The summed E-state index contributed by atoms with van der Waals surface area (Å²) in [6.07, 6.45) is -0.422. The van der Waals surface area contributed by atoms with Crippen LogP contribution in [-0.2, 0) is 29.1 Å². The first-order valence-corrected chi connectivity index (χ1v) is 21.7. The number of hydrogen-bond acceptors (Lipinski definition) is 10. The standard InChI is InChI=1S/C39H52F3N5O9S.C2H6.3H2/c1-8-9-10-25-20-38(25,35(50)46-57(52,53)28-12-13-28)45-32(48)30-19-27(55-33-29-14-11-26(54-7)18-24(29)15-16-43-33)21-47(30)34(49)31(23(4)17-22(2)3)44-36(51)56-37(5,6)39(40,41)42;1-2;;;/h9-11,14-16,18,22-23,25,27-28,30-31H,8,12-13,17,19-21H2,1-7H3,(H,44,51)(H,45,48)(H,46,50);1-2H3;3*1H/b10-9-;;;;/t23-,25-,27-,30+,31+,38-;;;;/m1..../s1. The predicted molar refractivity (Wildman–Crippen MR) is 221 cm³/mol. The van der Waals surface area contributed by atoms with E-state index in [1.54, 1.807) is 43.3 Å². The molecule has 6 atom stereocenters. The van der Waals surface area contributed by atoms with Crippen molar-refractivity contribution in [2.24, 2.45) is 17.8 Å². The van der Waals surface area contributed by atoms with Gasteiger partial charge in [-0.15, -0.1) is 0 Å². The summed E-state index contributed by atoms with van der Waals surface area (Å²) in [5.41, 5.74) is -4.52. The number of ether oxygens (including phenoxy) is 3. The summed E-state index contributed by atoms with van der Waals surface area (Å²) in [6, 6.07) is 4.23. The van der Waals surface area contributed by atoms with E-state index in [0.29, 0.717) is 50.7 Å². The number of nitrogens with one attached hydrogen (secondary N) is 3. The molecular formula is C41H64F3N5O9S. The van der Waals surface area contributed by atoms with Crippen molar-refractivity contribution in [1.82, 2.24) is 25.2 Å². The first kappa shape index (κ1) is 47.1. The van der Waals surface area contributed by atoms with Gasteiger partial charge in [-0.25, -0.2) is 18.2 Å². The van der Waals surface area contributed by atoms with Crippen LogP contribution < -0.4 is 24.8 Å². The number of halogens is 3. The number of fused-ring (bicyclic) bond motifs is 1. The Morgan fingerprint density at radius 1 is 1.10 bits per heavy atom. The van der Waals surface area contributed by atoms with Crippen molar-refractivity contribution in [3.05, 3.63) is 42.6 Å². The lowest BCUT2D eigenvalue weighted by molar-refractivity contribution is -0.244. The maximum Gasteiger partial charge on any atom is 0.427 e. The third kappa shape index (κ3) is 11.2. The Hall–Kier alpha value is -4.61. The van der Waals surface area contributed by atoms with Crippen molar-refractivity contribution in [2.75, 3.05) is 13.7 Å². The number of benzene rings is 1. The largest absolute Gasteiger partial charge is 0.497 e. The summed E-state index contributed by atoms with van der Waals surface area (Å²) in [6.45, 7) is 12.4. The van der Waals surface area contributed by atoms with Gasteiger partial charge in [0.2, 0.25) is 33.3 Å². The second-order valence-electron chi connectivity index (χ2n) is 16.1. The molecule has 0 radical (unpaired) electrons. The van der Waals surface area contributed by atoms with E-state index < -0.39 is 86.4 Å². The Kier molecular flexibility index (Phi) is 15.0. The molecule has 0 bridgehead atoms. The number of allylic oxidation sites excluding steroid dienone is 1. The molecule has 3 aliphatic rings. The number of carbonyl (C=O) groups is 4. The van der Waals surface area contributed by atoms with Crippen molar-refractivity contribution < 1.29 is 59.3 Å². The quantitative estimate of drug-likeness (QED) is 0.150. The minimum absolute atomic E-state index is 0. The van der Waals surface area contributed by atoms with E-state index in [2.05, 4.69) is 20.3 Å². The third-order valence-corrected chi connectivity index (χ3v) is 12.4. The molecule has 334 valence electrons. The number of aromatic nitrogens is 1. The van der Waals surface area contributed by atoms with Gasteiger partial charge in [0.05, 0.1) is 18.9 Å². The Bertz CT molecular complexity index is 2010. The van der Waals surface area contributed by atoms with Gasteiger partial charge >= 0.3 is 12.3 Å². The summed E-state index contributed by atoms with van der Waals surface area (Å²) in [4.78, 5) is 61.4. The van der Waals surface area contributed by atoms with Gasteiger partial charge in [0.15, 0.2) is 0 Å². The average molecular weight is 860 g/mol. The van der Waals surface area contributed by atoms with Gasteiger partial charge < -0.3 is 29.7 Å². The molecule has 1 aromatic heterocycles. The van der Waals surface area contributed by atoms with E-state index in [4.69, 9.17) is 14.2 Å². The third-order valence-electron chi connectivity index (χ3n) is 10.6. The molecular weight excluding hydrogens is 796 g/mol. The predicted octanol–water partition coefficient (Wildman–Crippen LogP) is 6.92. The molecule has 5 rings (SSSR count). The van der Waals surface area contributed by atoms with Crippen LogP contribution in [0.1, 0.15) is 98.2 Å². The van der Waals surface area contributed by atoms with E-state index in [0.717, 1.165) is 5.39 Å². The molecule has 0 unspecified atom stereocenters. The molecule has 2 heterocycles. The SMILES string of the molecule is CC.CC/C=C\[C@@H]1C[C@]1(NC(=O)[C@@H]1C[C@@H](Oc2nccc3cc(OC)ccc23)CN1C(=O)[C@@H](NC(=O)OC(C)(C)C(F)(F)F)[C@H](C)CC(C)C)C(=O)NS(=O)(=O)C1CC1.[HH].[HH].[HH]. The summed E-state index contributed by atoms with van der Waals surface area (Å²) in [7, 11) is -2.45. The van der Waals surface area contributed by atoms with Crippen molar-refractivity contribution in [3.8, 4) is 11.6 Å². The molecule has 0 spiro atoms. The number of alkyl carbamates (subject to hydrolysis) is 1. The van der Waals surface area contributed by atoms with Crippen molar-refractivity contribution in [3.63, 3.8) is 0 Å². The highest BCUT2D eigenvalue weighted by molar-refractivity contribution is 7.91. The van der Waals surface area contributed by atoms with E-state index in [1.807, 2.05) is 34.6 Å². The van der Waals surface area contributed by atoms with Crippen LogP contribution >= 0.6 is 0 Å². The summed E-state index contributed by atoms with van der Waals surface area (Å²) >= 11 is 0. The lowest BCUT2D eigenvalue weighted by Crippen LogP contribution is -2.59. The van der Waals surface area contributed by atoms with Crippen LogP contribution in [0.3, 0.4) is 0 Å². The van der Waals surface area contributed by atoms with Gasteiger partial charge in [0, 0.05) is 28.2 Å². The molecule has 1 saturated heterocycles. The van der Waals surface area contributed by atoms with E-state index in [-0.39, 0.29) is 35.5 Å². The van der Waals surface area contributed by atoms with Crippen LogP contribution in [0.4, 0.5) is 18.0 Å². The number of hydrogen-bond donors (Lipinski definition) is 3. The minimum Gasteiger partial charge on any atom is -0.497 e. The topological polar surface area (TPSA) is 182 Å². The number of nitrogens with zero attached hydrogens (tertiary/aromatic N) is 2. The van der Waals surface area contributed by atoms with E-state index in [9.17, 15) is 40.8 Å². The number of sulfonamides is 1. The van der Waals surface area contributed by atoms with Crippen LogP contribution in [0.15, 0.2) is 42.6 Å². The summed E-state index contributed by atoms with van der Waals surface area (Å²) < 4.78 is 85.3. The number of alkyl halides is 3. The molecule has 3 fully saturated rings. The Morgan fingerprint density at radius 3 is 2.37 bits per heavy atom. The van der Waals surface area contributed by atoms with Gasteiger partial charge in [-0.1, -0.05) is 53.7 Å². The maximum atomic E-state index is 14.7. The first-order chi connectivity index (χ1) is 27.6. The Morgan fingerprint density at radius 2 is 1.78 bits per heavy atom. The molecule has 1 aliphatic heterocycles. The summed E-state index contributed by atoms with van der Waals surface area (Å²) in [5, 5.41) is 5.76. The highest BCUT2D eigenvalue weighted by atomic mass is 32.2. The maximum absolute atomic E-state index is 14.7. The second kappa shape index (κ2) is 18.8. The smallest absolute Gasteiger partial charge is 0.427 e. The van der Waals surface area contributed by atoms with Crippen LogP contribution in [0.2, 0.25) is 0 Å². The highest BCUT2D eigenvalue weighted by Crippen LogP contribution is 2.46. The molecule has 4 amide bonds. The van der Waals surface area contributed by atoms with Gasteiger partial charge in [-0.3, -0.25) is 19.1 Å². The van der Waals surface area contributed by atoms with Crippen LogP contribution in [-0.4, -0.2) is 96.5 Å². The van der Waals surface area contributed by atoms with Gasteiger partial charge in [0.1, 0.15) is 29.5 Å². The number of rotatable bonds is 16. The van der Waals surface area contributed by atoms with Crippen LogP contribution in [0.5, 0.6) is 11.6 Å². The van der Waals surface area contributed by atoms with Crippen LogP contribution in [0, 0.1) is 17.8 Å². The molecule has 59 heavy (non-hydrogen) atoms. The minimum atomic E-state index is -4.91. The lowest BCUT2D eigenvalue weighted by atomic mass is 9.91. The van der Waals surface area contributed by atoms with Gasteiger partial charge in [-0.05, 0) is 87.4 Å². The van der Waals surface area contributed by atoms with Gasteiger partial charge in [-0.2, -0.15) is 13.2 Å². The number of amides is 4. The second-order valence-corrected chi connectivity index (χ2v) is 18.1. The normalized spacial score (nSPS) is 22.9. The Balaban J connectivity index is 0.00000379. The monoisotopic (exact) mass is 859 g/mol. The van der Waals surface area contributed by atoms with Crippen LogP contribution in [0.25, 0.3) is 10.8 Å². The number of pyridine rings is 1. The highest BCUT2D eigenvalue weighted by Gasteiger charge is 2.62. The molecule has 2 aromatic rings. The molecule has 18 heteroatoms. The number of carbonyl (C=O) groups excluding carboxylic acids is 4. The fraction of sp³-hybridized carbons (Fsp3) is 0.634. The zero-order valence-electron chi connectivity index (χ0n) is 35.1. The molecule has 2 saturated carbocycles. The first-order valence-electron chi connectivity index (χ1n) is 20.1. The lowest BCUT2D eigenvalue weighted by Gasteiger charge is -2.34. The number of methoxy groups -OCH3 is 1. The van der Waals surface area contributed by atoms with Gasteiger partial charge in [0.25, 0.3) is 5.91 Å². The molecule has 2 aliphatic carbocycles. The number of likely N-dealkylation sites (tertiary alicyclic amines) is 1. The fourth-order valence-electron chi connectivity index (χ4n) is 7.10. The fourth-order valence-corrected chi connectivity index (χ4v) is 8.46. The zero-order chi connectivity index (χ0) is 44.1. The molecule has 3 N–H and O–H groups in total.